The molecule has 3 rings (SSSR count). The molecule has 1 aliphatic heterocycles. The monoisotopic (exact) mass is 304 g/mol. The molecular weight excluding hydrogens is 287 g/mol. The molecule has 1 unspecified atom stereocenters. The van der Waals surface area contributed by atoms with E-state index >= 15 is 0 Å². The predicted molar refractivity (Wildman–Crippen MR) is 83.3 cm³/mol. The predicted octanol–water partition coefficient (Wildman–Crippen LogP) is 3.39. The fourth-order valence-electron chi connectivity index (χ4n) is 2.79. The molecule has 0 radical (unpaired) electrons. The Bertz CT molecular complexity index is 696. The van der Waals surface area contributed by atoms with Crippen LogP contribution in [0.5, 0.6) is 0 Å². The van der Waals surface area contributed by atoms with E-state index in [9.17, 15) is 9.18 Å². The van der Waals surface area contributed by atoms with Gasteiger partial charge < -0.3 is 10.6 Å². The molecule has 1 aromatic carbocycles. The van der Waals surface area contributed by atoms with Crippen LogP contribution in [0.25, 0.3) is 0 Å². The van der Waals surface area contributed by atoms with Crippen molar-refractivity contribution in [3.63, 3.8) is 0 Å². The maximum absolute atomic E-state index is 14.5. The van der Waals surface area contributed by atoms with Crippen molar-refractivity contribution in [2.75, 3.05) is 12.4 Å². The number of carbonyl (C=O) groups is 1. The number of thiophene rings is 1. The summed E-state index contributed by atoms with van der Waals surface area (Å²) in [5.41, 5.74) is 4.49. The van der Waals surface area contributed by atoms with Crippen molar-refractivity contribution in [3.05, 3.63) is 51.0 Å². The topological polar surface area (TPSA) is 41.1 Å². The lowest BCUT2D eigenvalue weighted by Gasteiger charge is -2.22. The fourth-order valence-corrected chi connectivity index (χ4v) is 3.66. The molecule has 0 aliphatic carbocycles. The number of amides is 1. The summed E-state index contributed by atoms with van der Waals surface area (Å²) in [7, 11) is 1.84. The van der Waals surface area contributed by atoms with Gasteiger partial charge in [-0.2, -0.15) is 11.3 Å². The van der Waals surface area contributed by atoms with Gasteiger partial charge in [0.15, 0.2) is 0 Å². The van der Waals surface area contributed by atoms with Gasteiger partial charge in [0.1, 0.15) is 5.82 Å². The van der Waals surface area contributed by atoms with E-state index in [1.165, 1.54) is 6.07 Å². The van der Waals surface area contributed by atoms with Crippen molar-refractivity contribution in [1.82, 2.24) is 5.32 Å². The number of halogens is 1. The highest BCUT2D eigenvalue weighted by molar-refractivity contribution is 7.08. The molecule has 21 heavy (non-hydrogen) atoms. The molecular formula is C16H17FN2OS. The third-order valence-electron chi connectivity index (χ3n) is 3.92. The first-order valence-corrected chi connectivity index (χ1v) is 7.86. The van der Waals surface area contributed by atoms with Gasteiger partial charge in [0.2, 0.25) is 5.91 Å². The van der Waals surface area contributed by atoms with Gasteiger partial charge >= 0.3 is 0 Å². The minimum atomic E-state index is -0.291. The second-order valence-corrected chi connectivity index (χ2v) is 6.05. The molecule has 3 nitrogen and oxygen atoms in total. The van der Waals surface area contributed by atoms with Crippen LogP contribution in [0.3, 0.4) is 0 Å². The van der Waals surface area contributed by atoms with E-state index in [1.807, 2.05) is 20.0 Å². The second kappa shape index (κ2) is 5.58. The van der Waals surface area contributed by atoms with E-state index in [2.05, 4.69) is 21.4 Å². The highest BCUT2D eigenvalue weighted by Crippen LogP contribution is 2.33. The molecule has 0 fully saturated rings. The summed E-state index contributed by atoms with van der Waals surface area (Å²) in [4.78, 5) is 11.4. The van der Waals surface area contributed by atoms with Crippen molar-refractivity contribution < 1.29 is 9.18 Å². The maximum atomic E-state index is 14.5. The van der Waals surface area contributed by atoms with Crippen LogP contribution in [-0.4, -0.2) is 13.0 Å². The minimum Gasteiger partial charge on any atom is -0.326 e. The van der Waals surface area contributed by atoms with Crippen molar-refractivity contribution in [1.29, 1.82) is 0 Å². The molecule has 1 atom stereocenters. The largest absolute Gasteiger partial charge is 0.326 e. The van der Waals surface area contributed by atoms with Crippen LogP contribution >= 0.6 is 11.3 Å². The van der Waals surface area contributed by atoms with Gasteiger partial charge in [0.05, 0.1) is 6.04 Å². The van der Waals surface area contributed by atoms with Crippen LogP contribution in [0.1, 0.15) is 34.7 Å². The zero-order valence-electron chi connectivity index (χ0n) is 12.0. The van der Waals surface area contributed by atoms with Crippen LogP contribution in [-0.2, 0) is 11.2 Å². The van der Waals surface area contributed by atoms with Crippen LogP contribution < -0.4 is 10.6 Å². The molecule has 110 valence electrons. The van der Waals surface area contributed by atoms with Gasteiger partial charge in [-0.15, -0.1) is 0 Å². The molecule has 2 aromatic rings. The lowest BCUT2D eigenvalue weighted by Crippen LogP contribution is -2.22. The SMILES string of the molecule is CNC(c1cscc1C)c1cc2c(cc1F)NC(=O)CC2. The minimum absolute atomic E-state index is 0.0477. The zero-order chi connectivity index (χ0) is 15.0. The number of nitrogens with one attached hydrogen (secondary N) is 2. The first-order chi connectivity index (χ1) is 10.1. The van der Waals surface area contributed by atoms with Gasteiger partial charge in [-0.25, -0.2) is 4.39 Å². The Morgan fingerprint density at radius 2 is 2.10 bits per heavy atom. The first-order valence-electron chi connectivity index (χ1n) is 6.92. The summed E-state index contributed by atoms with van der Waals surface area (Å²) in [6.45, 7) is 2.03. The zero-order valence-corrected chi connectivity index (χ0v) is 12.8. The third kappa shape index (κ3) is 2.59. The number of carbonyl (C=O) groups excluding carboxylic acids is 1. The summed E-state index contributed by atoms with van der Waals surface area (Å²) in [6.07, 6.45) is 1.12. The van der Waals surface area contributed by atoms with E-state index in [0.29, 0.717) is 24.1 Å². The Hall–Kier alpha value is -1.72. The van der Waals surface area contributed by atoms with Crippen molar-refractivity contribution in [3.8, 4) is 0 Å². The molecule has 2 heterocycles. The lowest BCUT2D eigenvalue weighted by molar-refractivity contribution is -0.116. The number of fused-ring (bicyclic) bond motifs is 1. The molecule has 0 spiro atoms. The average Bonchev–Trinajstić information content (AvgIpc) is 2.87. The van der Waals surface area contributed by atoms with Gasteiger partial charge in [-0.3, -0.25) is 4.79 Å². The Labute approximate surface area is 127 Å². The Morgan fingerprint density at radius 3 is 2.76 bits per heavy atom. The van der Waals surface area contributed by atoms with Gasteiger partial charge in [0, 0.05) is 17.7 Å². The van der Waals surface area contributed by atoms with Crippen LogP contribution in [0, 0.1) is 12.7 Å². The van der Waals surface area contributed by atoms with Gasteiger partial charge in [-0.1, -0.05) is 0 Å². The summed E-state index contributed by atoms with van der Waals surface area (Å²) in [5, 5.41) is 10.0. The van der Waals surface area contributed by atoms with Crippen LogP contribution in [0.4, 0.5) is 10.1 Å². The first kappa shape index (κ1) is 14.2. The number of aryl methyl sites for hydroxylation is 2. The highest BCUT2D eigenvalue weighted by Gasteiger charge is 2.23. The molecule has 0 saturated heterocycles. The summed E-state index contributed by atoms with van der Waals surface area (Å²) in [6, 6.07) is 3.15. The average molecular weight is 304 g/mol. The van der Waals surface area contributed by atoms with Crippen LogP contribution in [0.2, 0.25) is 0 Å². The summed E-state index contributed by atoms with van der Waals surface area (Å²) in [5.74, 6) is -0.339. The smallest absolute Gasteiger partial charge is 0.224 e. The molecule has 0 bridgehead atoms. The van der Waals surface area contributed by atoms with Gasteiger partial charge in [0.25, 0.3) is 0 Å². The van der Waals surface area contributed by atoms with Gasteiger partial charge in [-0.05, 0) is 60.0 Å². The lowest BCUT2D eigenvalue weighted by atomic mass is 9.93. The fraction of sp³-hybridized carbons (Fsp3) is 0.312. The number of anilines is 1. The number of rotatable bonds is 3. The van der Waals surface area contributed by atoms with E-state index in [-0.39, 0.29) is 17.8 Å². The Kier molecular flexibility index (Phi) is 3.78. The third-order valence-corrected chi connectivity index (χ3v) is 4.80. The standard InChI is InChI=1S/C16H17FN2OS/c1-9-7-21-8-12(9)16(18-2)11-5-10-3-4-15(20)19-14(10)6-13(11)17/h5-8,16,18H,3-4H2,1-2H3,(H,19,20). The van der Waals surface area contributed by atoms with E-state index in [1.54, 1.807) is 11.3 Å². The molecule has 1 aromatic heterocycles. The Morgan fingerprint density at radius 1 is 1.29 bits per heavy atom. The normalized spacial score (nSPS) is 15.5. The highest BCUT2D eigenvalue weighted by atomic mass is 32.1. The second-order valence-electron chi connectivity index (χ2n) is 5.31. The van der Waals surface area contributed by atoms with E-state index in [4.69, 9.17) is 0 Å². The van der Waals surface area contributed by atoms with E-state index in [0.717, 1.165) is 16.7 Å². The number of benzene rings is 1. The number of hydrogen-bond donors (Lipinski definition) is 2. The molecule has 2 N–H and O–H groups in total. The number of hydrogen-bond acceptors (Lipinski definition) is 3. The van der Waals surface area contributed by atoms with Crippen molar-refractivity contribution >= 4 is 22.9 Å². The molecule has 0 saturated carbocycles. The van der Waals surface area contributed by atoms with E-state index < -0.39 is 0 Å². The summed E-state index contributed by atoms with van der Waals surface area (Å²) < 4.78 is 14.5. The summed E-state index contributed by atoms with van der Waals surface area (Å²) >= 11 is 1.62. The van der Waals surface area contributed by atoms with Crippen LogP contribution in [0.15, 0.2) is 22.9 Å². The molecule has 1 amide bonds. The quantitative estimate of drug-likeness (QED) is 0.912. The Balaban J connectivity index is 2.05. The molecule has 1 aliphatic rings. The van der Waals surface area contributed by atoms with Crippen molar-refractivity contribution in [2.24, 2.45) is 0 Å². The maximum Gasteiger partial charge on any atom is 0.224 e. The van der Waals surface area contributed by atoms with Crippen molar-refractivity contribution in [2.45, 2.75) is 25.8 Å². The molecule has 5 heteroatoms.